The minimum atomic E-state index is 0.345. The van der Waals surface area contributed by atoms with Crippen molar-refractivity contribution in [2.24, 2.45) is 5.92 Å². The molecule has 1 aromatic carbocycles. The number of hydrogen-bond donors (Lipinski definition) is 2. The number of fused-ring (bicyclic) bond motifs is 1. The average Bonchev–Trinajstić information content (AvgIpc) is 2.81. The number of hydrogen-bond acceptors (Lipinski definition) is 2. The molecular formula is C19H29NO. The summed E-state index contributed by atoms with van der Waals surface area (Å²) >= 11 is 0. The van der Waals surface area contributed by atoms with Gasteiger partial charge in [-0.2, -0.15) is 0 Å². The van der Waals surface area contributed by atoms with Gasteiger partial charge in [0.2, 0.25) is 0 Å². The Balaban J connectivity index is 1.74. The van der Waals surface area contributed by atoms with Crippen LogP contribution < -0.4 is 5.32 Å². The molecule has 1 fully saturated rings. The van der Waals surface area contributed by atoms with Gasteiger partial charge < -0.3 is 10.4 Å². The van der Waals surface area contributed by atoms with Crippen LogP contribution in [0.3, 0.4) is 0 Å². The molecule has 2 unspecified atom stereocenters. The van der Waals surface area contributed by atoms with Crippen molar-refractivity contribution in [2.75, 3.05) is 0 Å². The highest BCUT2D eigenvalue weighted by atomic mass is 16.3. The third-order valence-electron chi connectivity index (χ3n) is 5.77. The van der Waals surface area contributed by atoms with Crippen molar-refractivity contribution in [3.05, 3.63) is 28.8 Å². The molecule has 116 valence electrons. The number of rotatable bonds is 3. The van der Waals surface area contributed by atoms with Crippen LogP contribution in [0.5, 0.6) is 5.75 Å². The van der Waals surface area contributed by atoms with E-state index in [0.717, 1.165) is 12.3 Å². The monoisotopic (exact) mass is 287 g/mol. The highest BCUT2D eigenvalue weighted by molar-refractivity contribution is 5.50. The van der Waals surface area contributed by atoms with Crippen LogP contribution in [0.1, 0.15) is 81.0 Å². The van der Waals surface area contributed by atoms with Crippen molar-refractivity contribution in [1.82, 2.24) is 5.32 Å². The van der Waals surface area contributed by atoms with Crippen LogP contribution in [0.2, 0.25) is 0 Å². The first kappa shape index (κ1) is 14.9. The van der Waals surface area contributed by atoms with E-state index in [1.807, 2.05) is 6.07 Å². The van der Waals surface area contributed by atoms with Crippen LogP contribution in [0, 0.1) is 12.8 Å². The minimum Gasteiger partial charge on any atom is -0.508 e. The third kappa shape index (κ3) is 2.83. The molecule has 0 aliphatic heterocycles. The molecule has 0 heterocycles. The summed E-state index contributed by atoms with van der Waals surface area (Å²) in [5.74, 6) is 1.98. The third-order valence-corrected chi connectivity index (χ3v) is 5.77. The van der Waals surface area contributed by atoms with Gasteiger partial charge in [-0.1, -0.05) is 26.3 Å². The van der Waals surface area contributed by atoms with Crippen LogP contribution >= 0.6 is 0 Å². The lowest BCUT2D eigenvalue weighted by molar-refractivity contribution is 0.266. The maximum atomic E-state index is 10.3. The molecule has 0 amide bonds. The van der Waals surface area contributed by atoms with Gasteiger partial charge in [-0.15, -0.1) is 0 Å². The van der Waals surface area contributed by atoms with Gasteiger partial charge in [0, 0.05) is 17.6 Å². The Kier molecular flexibility index (Phi) is 4.26. The molecule has 2 N–H and O–H groups in total. The highest BCUT2D eigenvalue weighted by Gasteiger charge is 2.34. The second-order valence-electron chi connectivity index (χ2n) is 7.21. The zero-order chi connectivity index (χ0) is 15.0. The predicted molar refractivity (Wildman–Crippen MR) is 87.8 cm³/mol. The smallest absolute Gasteiger partial charge is 0.120 e. The fraction of sp³-hybridized carbons (Fsp3) is 0.684. The summed E-state index contributed by atoms with van der Waals surface area (Å²) < 4.78 is 0. The van der Waals surface area contributed by atoms with Gasteiger partial charge in [0.1, 0.15) is 5.75 Å². The van der Waals surface area contributed by atoms with E-state index < -0.39 is 0 Å². The molecule has 2 heteroatoms. The summed E-state index contributed by atoms with van der Waals surface area (Å²) in [6, 6.07) is 4.91. The standard InChI is InChI=1S/C19H29NO/c1-4-14-6-8-15(9-7-14)20-16-11-13(3)18-12(2)5-10-17(21)19(16)18/h5,10,13-16,20-21H,4,6-9,11H2,1-3H3. The largest absolute Gasteiger partial charge is 0.508 e. The number of nitrogens with one attached hydrogen (secondary N) is 1. The quantitative estimate of drug-likeness (QED) is 0.836. The molecule has 1 saturated carbocycles. The van der Waals surface area contributed by atoms with Gasteiger partial charge in [-0.25, -0.2) is 0 Å². The molecule has 2 aliphatic carbocycles. The first-order valence-electron chi connectivity index (χ1n) is 8.68. The molecule has 2 nitrogen and oxygen atoms in total. The Morgan fingerprint density at radius 2 is 1.86 bits per heavy atom. The maximum Gasteiger partial charge on any atom is 0.120 e. The first-order chi connectivity index (χ1) is 10.1. The van der Waals surface area contributed by atoms with E-state index in [-0.39, 0.29) is 0 Å². The van der Waals surface area contributed by atoms with Crippen LogP contribution in [-0.2, 0) is 0 Å². The average molecular weight is 287 g/mol. The number of aromatic hydroxyl groups is 1. The summed E-state index contributed by atoms with van der Waals surface area (Å²) in [4.78, 5) is 0. The van der Waals surface area contributed by atoms with E-state index in [1.54, 1.807) is 0 Å². The lowest BCUT2D eigenvalue weighted by Gasteiger charge is -2.31. The fourth-order valence-corrected chi connectivity index (χ4v) is 4.52. The van der Waals surface area contributed by atoms with Crippen LogP contribution in [-0.4, -0.2) is 11.1 Å². The van der Waals surface area contributed by atoms with Crippen molar-refractivity contribution in [3.8, 4) is 5.75 Å². The number of phenolic OH excluding ortho intramolecular Hbond substituents is 1. The lowest BCUT2D eigenvalue weighted by Crippen LogP contribution is -2.35. The summed E-state index contributed by atoms with van der Waals surface area (Å²) in [7, 11) is 0. The number of phenols is 1. The maximum absolute atomic E-state index is 10.3. The van der Waals surface area contributed by atoms with Crippen LogP contribution in [0.15, 0.2) is 12.1 Å². The Bertz CT molecular complexity index is 503. The molecule has 0 spiro atoms. The molecule has 0 saturated heterocycles. The summed E-state index contributed by atoms with van der Waals surface area (Å²) in [6.07, 6.45) is 7.78. The molecule has 1 aromatic rings. The number of aryl methyl sites for hydroxylation is 1. The summed E-state index contributed by atoms with van der Waals surface area (Å²) in [6.45, 7) is 6.78. The van der Waals surface area contributed by atoms with Crippen LogP contribution in [0.25, 0.3) is 0 Å². The van der Waals surface area contributed by atoms with Crippen molar-refractivity contribution >= 4 is 0 Å². The van der Waals surface area contributed by atoms with E-state index >= 15 is 0 Å². The van der Waals surface area contributed by atoms with Gasteiger partial charge >= 0.3 is 0 Å². The van der Waals surface area contributed by atoms with Crippen molar-refractivity contribution in [1.29, 1.82) is 0 Å². The van der Waals surface area contributed by atoms with Crippen molar-refractivity contribution in [2.45, 2.75) is 77.3 Å². The van der Waals surface area contributed by atoms with Gasteiger partial charge in [-0.3, -0.25) is 0 Å². The zero-order valence-corrected chi connectivity index (χ0v) is 13.7. The van der Waals surface area contributed by atoms with Gasteiger partial charge in [-0.05, 0) is 68.1 Å². The van der Waals surface area contributed by atoms with Gasteiger partial charge in [0.25, 0.3) is 0 Å². The molecule has 2 aliphatic rings. The lowest BCUT2D eigenvalue weighted by atomic mass is 9.84. The molecule has 0 radical (unpaired) electrons. The highest BCUT2D eigenvalue weighted by Crippen LogP contribution is 2.46. The van der Waals surface area contributed by atoms with Gasteiger partial charge in [0.05, 0.1) is 0 Å². The second-order valence-corrected chi connectivity index (χ2v) is 7.21. The molecule has 3 rings (SSSR count). The predicted octanol–water partition coefficient (Wildman–Crippen LogP) is 4.81. The molecule has 0 bridgehead atoms. The molecule has 2 atom stereocenters. The van der Waals surface area contributed by atoms with E-state index in [0.29, 0.717) is 23.8 Å². The Labute approximate surface area is 129 Å². The normalized spacial score (nSPS) is 32.1. The van der Waals surface area contributed by atoms with E-state index in [4.69, 9.17) is 0 Å². The van der Waals surface area contributed by atoms with E-state index in [2.05, 4.69) is 32.2 Å². The second kappa shape index (κ2) is 6.00. The van der Waals surface area contributed by atoms with E-state index in [9.17, 15) is 5.11 Å². The zero-order valence-electron chi connectivity index (χ0n) is 13.7. The first-order valence-corrected chi connectivity index (χ1v) is 8.68. The Morgan fingerprint density at radius 1 is 1.14 bits per heavy atom. The Morgan fingerprint density at radius 3 is 2.52 bits per heavy atom. The minimum absolute atomic E-state index is 0.345. The molecule has 0 aromatic heterocycles. The molecular weight excluding hydrogens is 258 g/mol. The summed E-state index contributed by atoms with van der Waals surface area (Å²) in [5, 5.41) is 14.2. The fourth-order valence-electron chi connectivity index (χ4n) is 4.52. The van der Waals surface area contributed by atoms with Gasteiger partial charge in [0.15, 0.2) is 0 Å². The summed E-state index contributed by atoms with van der Waals surface area (Å²) in [5.41, 5.74) is 3.89. The Hall–Kier alpha value is -1.02. The molecule has 21 heavy (non-hydrogen) atoms. The van der Waals surface area contributed by atoms with Crippen LogP contribution in [0.4, 0.5) is 0 Å². The van der Waals surface area contributed by atoms with Crippen molar-refractivity contribution < 1.29 is 5.11 Å². The van der Waals surface area contributed by atoms with Crippen molar-refractivity contribution in [3.63, 3.8) is 0 Å². The SMILES string of the molecule is CCC1CCC(NC2CC(C)c3c(C)ccc(O)c32)CC1. The topological polar surface area (TPSA) is 32.3 Å². The van der Waals surface area contributed by atoms with E-state index in [1.165, 1.54) is 48.8 Å². The number of benzene rings is 1.